The van der Waals surface area contributed by atoms with Gasteiger partial charge in [0, 0.05) is 5.56 Å². The maximum Gasteiger partial charge on any atom is 0.208 e. The summed E-state index contributed by atoms with van der Waals surface area (Å²) in [6, 6.07) is 20.7. The average molecular weight is 492 g/mol. The van der Waals surface area contributed by atoms with Gasteiger partial charge in [0.25, 0.3) is 0 Å². The van der Waals surface area contributed by atoms with Gasteiger partial charge in [-0.3, -0.25) is 0 Å². The molecule has 1 aliphatic heterocycles. The monoisotopic (exact) mass is 491 g/mol. The van der Waals surface area contributed by atoms with Crippen LogP contribution in [0.1, 0.15) is 29.5 Å². The van der Waals surface area contributed by atoms with Crippen LogP contribution in [0, 0.1) is 23.0 Å². The number of nitrogens with zero attached hydrogens (tertiary/aromatic N) is 4. The van der Waals surface area contributed by atoms with Crippen LogP contribution in [0.3, 0.4) is 0 Å². The first-order valence-electron chi connectivity index (χ1n) is 10.6. The molecular weight excluding hydrogens is 472 g/mol. The van der Waals surface area contributed by atoms with E-state index < -0.39 is 16.5 Å². The van der Waals surface area contributed by atoms with Crippen LogP contribution in [0.4, 0.5) is 13.9 Å². The number of thioether (sulfide) groups is 1. The molecule has 1 aromatic heterocycles. The lowest BCUT2D eigenvalue weighted by Gasteiger charge is -2.35. The summed E-state index contributed by atoms with van der Waals surface area (Å²) >= 11 is 2.78. The van der Waals surface area contributed by atoms with Crippen molar-refractivity contribution in [1.29, 1.82) is 5.26 Å². The molecule has 0 saturated heterocycles. The third kappa shape index (κ3) is 3.94. The fourth-order valence-electron chi connectivity index (χ4n) is 3.96. The van der Waals surface area contributed by atoms with E-state index in [-0.39, 0.29) is 5.56 Å². The second kappa shape index (κ2) is 9.14. The highest BCUT2D eigenvalue weighted by atomic mass is 32.2. The van der Waals surface area contributed by atoms with Crippen molar-refractivity contribution >= 4 is 43.5 Å². The van der Waals surface area contributed by atoms with Crippen molar-refractivity contribution in [2.24, 2.45) is 10.8 Å². The van der Waals surface area contributed by atoms with E-state index in [1.807, 2.05) is 30.3 Å². The number of nitriles is 1. The fraction of sp³-hybridized carbons (Fsp3) is 0.160. The second-order valence-corrected chi connectivity index (χ2v) is 10.1. The van der Waals surface area contributed by atoms with Crippen LogP contribution in [-0.4, -0.2) is 16.6 Å². The highest BCUT2D eigenvalue weighted by Gasteiger charge is 2.47. The van der Waals surface area contributed by atoms with Crippen molar-refractivity contribution in [2.45, 2.75) is 17.7 Å². The second-order valence-electron chi connectivity index (χ2n) is 7.78. The Kier molecular flexibility index (Phi) is 6.04. The molecule has 0 fully saturated rings. The molecular formula is C25H19F2N5S2. The molecule has 0 aliphatic carbocycles. The number of fused-ring (bicyclic) bond motifs is 1. The zero-order valence-electron chi connectivity index (χ0n) is 17.9. The number of anilines is 1. The zero-order chi connectivity index (χ0) is 23.7. The van der Waals surface area contributed by atoms with Gasteiger partial charge in [0.05, 0.1) is 21.8 Å². The van der Waals surface area contributed by atoms with Crippen LogP contribution < -0.4 is 10.7 Å². The molecule has 5 nitrogen and oxygen atoms in total. The highest BCUT2D eigenvalue weighted by molar-refractivity contribution is 8.15. The number of benzene rings is 3. The summed E-state index contributed by atoms with van der Waals surface area (Å²) in [5.41, 5.74) is 8.24. The Balaban J connectivity index is 1.71. The van der Waals surface area contributed by atoms with E-state index in [0.717, 1.165) is 27.9 Å². The number of rotatable bonds is 6. The molecule has 3 aromatic carbocycles. The molecule has 0 bridgehead atoms. The third-order valence-corrected chi connectivity index (χ3v) is 8.03. The Labute approximate surface area is 203 Å². The molecule has 5 rings (SSSR count). The number of aromatic nitrogens is 1. The van der Waals surface area contributed by atoms with Gasteiger partial charge in [-0.1, -0.05) is 53.4 Å². The molecule has 1 aliphatic rings. The maximum atomic E-state index is 14.8. The van der Waals surface area contributed by atoms with Crippen molar-refractivity contribution in [3.63, 3.8) is 0 Å². The Bertz CT molecular complexity index is 1430. The third-order valence-electron chi connectivity index (χ3n) is 5.59. The summed E-state index contributed by atoms with van der Waals surface area (Å²) in [5.74, 6) is -1.08. The van der Waals surface area contributed by atoms with Gasteiger partial charge in [0.15, 0.2) is 0 Å². The number of thiazole rings is 1. The van der Waals surface area contributed by atoms with E-state index in [0.29, 0.717) is 35.1 Å². The predicted molar refractivity (Wildman–Crippen MR) is 134 cm³/mol. The Hall–Kier alpha value is -3.32. The lowest BCUT2D eigenvalue weighted by Crippen LogP contribution is -2.38. The SMILES string of the molecule is N#Cc1ccc2nc(N3N=C(c4cc(F)ccc4F)SC3(CCCN)c3ccccc3)sc2c1. The van der Waals surface area contributed by atoms with E-state index in [1.165, 1.54) is 29.2 Å². The summed E-state index contributed by atoms with van der Waals surface area (Å²) < 4.78 is 29.7. The number of nitrogens with two attached hydrogens (primary N) is 1. The van der Waals surface area contributed by atoms with E-state index >= 15 is 0 Å². The van der Waals surface area contributed by atoms with Gasteiger partial charge in [0.2, 0.25) is 5.13 Å². The van der Waals surface area contributed by atoms with Crippen molar-refractivity contribution in [3.05, 3.63) is 95.1 Å². The quantitative estimate of drug-likeness (QED) is 0.360. The lowest BCUT2D eigenvalue weighted by atomic mass is 10.0. The van der Waals surface area contributed by atoms with Crippen LogP contribution in [0.5, 0.6) is 0 Å². The minimum absolute atomic E-state index is 0.105. The minimum atomic E-state index is -0.749. The topological polar surface area (TPSA) is 78.3 Å². The fourth-order valence-corrected chi connectivity index (χ4v) is 6.47. The molecule has 9 heteroatoms. The number of hydrazone groups is 1. The van der Waals surface area contributed by atoms with Crippen LogP contribution >= 0.6 is 23.1 Å². The van der Waals surface area contributed by atoms with E-state index in [1.54, 1.807) is 23.2 Å². The minimum Gasteiger partial charge on any atom is -0.330 e. The Morgan fingerprint density at radius 3 is 2.65 bits per heavy atom. The molecule has 0 saturated carbocycles. The molecule has 4 aromatic rings. The van der Waals surface area contributed by atoms with Crippen molar-refractivity contribution in [1.82, 2.24) is 4.98 Å². The Morgan fingerprint density at radius 1 is 1.06 bits per heavy atom. The predicted octanol–water partition coefficient (Wildman–Crippen LogP) is 5.95. The first kappa shape index (κ1) is 22.5. The number of hydrogen-bond acceptors (Lipinski definition) is 7. The summed E-state index contributed by atoms with van der Waals surface area (Å²) in [5, 5.41) is 16.9. The molecule has 1 atom stereocenters. The van der Waals surface area contributed by atoms with Gasteiger partial charge in [-0.15, -0.1) is 0 Å². The first-order chi connectivity index (χ1) is 16.5. The van der Waals surface area contributed by atoms with Crippen LogP contribution in [0.15, 0.2) is 71.8 Å². The molecule has 1 unspecified atom stereocenters. The molecule has 0 amide bonds. The molecule has 2 N–H and O–H groups in total. The summed E-state index contributed by atoms with van der Waals surface area (Å²) in [7, 11) is 0. The number of hydrogen-bond donors (Lipinski definition) is 1. The molecule has 2 heterocycles. The summed E-state index contributed by atoms with van der Waals surface area (Å²) in [6.07, 6.45) is 1.30. The van der Waals surface area contributed by atoms with Crippen molar-refractivity contribution in [2.75, 3.05) is 11.6 Å². The average Bonchev–Trinajstić information content (AvgIpc) is 3.46. The van der Waals surface area contributed by atoms with Gasteiger partial charge in [-0.25, -0.2) is 18.8 Å². The maximum absolute atomic E-state index is 14.8. The van der Waals surface area contributed by atoms with Crippen LogP contribution in [-0.2, 0) is 4.87 Å². The normalized spacial score (nSPS) is 17.7. The van der Waals surface area contributed by atoms with Gasteiger partial charge < -0.3 is 5.73 Å². The molecule has 34 heavy (non-hydrogen) atoms. The van der Waals surface area contributed by atoms with Gasteiger partial charge in [0.1, 0.15) is 21.5 Å². The largest absolute Gasteiger partial charge is 0.330 e. The van der Waals surface area contributed by atoms with E-state index in [9.17, 15) is 14.0 Å². The van der Waals surface area contributed by atoms with Crippen molar-refractivity contribution < 1.29 is 8.78 Å². The standard InChI is InChI=1S/C25H19F2N5S2/c26-18-8-9-20(27)19(14-18)23-31-32(24-30-21-10-7-16(15-29)13-22(21)33-24)25(34-23,11-4-12-28)17-5-2-1-3-6-17/h1-3,5-10,13-14H,4,11-12,28H2. The molecule has 0 radical (unpaired) electrons. The smallest absolute Gasteiger partial charge is 0.208 e. The van der Waals surface area contributed by atoms with Crippen LogP contribution in [0.25, 0.3) is 10.2 Å². The zero-order valence-corrected chi connectivity index (χ0v) is 19.5. The summed E-state index contributed by atoms with van der Waals surface area (Å²) in [6.45, 7) is 0.470. The molecule has 170 valence electrons. The van der Waals surface area contributed by atoms with Gasteiger partial charge >= 0.3 is 0 Å². The number of halogens is 2. The van der Waals surface area contributed by atoms with Gasteiger partial charge in [-0.2, -0.15) is 10.4 Å². The van der Waals surface area contributed by atoms with Crippen molar-refractivity contribution in [3.8, 4) is 6.07 Å². The van der Waals surface area contributed by atoms with Gasteiger partial charge in [-0.05, 0) is 61.3 Å². The summed E-state index contributed by atoms with van der Waals surface area (Å²) in [4.78, 5) is 4.03. The van der Waals surface area contributed by atoms with E-state index in [4.69, 9.17) is 15.8 Å². The van der Waals surface area contributed by atoms with E-state index in [2.05, 4.69) is 6.07 Å². The Morgan fingerprint density at radius 2 is 1.88 bits per heavy atom. The first-order valence-corrected chi connectivity index (χ1v) is 12.3. The molecule has 0 spiro atoms. The highest BCUT2D eigenvalue weighted by Crippen LogP contribution is 2.53. The van der Waals surface area contributed by atoms with Crippen LogP contribution in [0.2, 0.25) is 0 Å². The lowest BCUT2D eigenvalue weighted by molar-refractivity contribution is 0.527.